The van der Waals surface area contributed by atoms with Crippen molar-refractivity contribution in [2.75, 3.05) is 26.8 Å². The topological polar surface area (TPSA) is 44.4 Å². The molecule has 2 aliphatic heterocycles. The highest BCUT2D eigenvalue weighted by atomic mass is 35.5. The lowest BCUT2D eigenvalue weighted by atomic mass is 9.87. The van der Waals surface area contributed by atoms with E-state index in [2.05, 4.69) is 15.5 Å². The van der Waals surface area contributed by atoms with E-state index in [-0.39, 0.29) is 36.3 Å². The quantitative estimate of drug-likeness (QED) is 0.627. The molecular weight excluding hydrogens is 225 g/mol. The second-order valence-corrected chi connectivity index (χ2v) is 3.64. The normalized spacial score (nSPS) is 25.1. The van der Waals surface area contributed by atoms with Gasteiger partial charge < -0.3 is 10.6 Å². The Hall–Kier alpha value is -0.0300. The Kier molecular flexibility index (Phi) is 5.15. The van der Waals surface area contributed by atoms with E-state index in [1.54, 1.807) is 0 Å². The summed E-state index contributed by atoms with van der Waals surface area (Å²) in [4.78, 5) is 13.7. The summed E-state index contributed by atoms with van der Waals surface area (Å²) in [5.41, 5.74) is -0.189. The van der Waals surface area contributed by atoms with Gasteiger partial charge in [-0.2, -0.15) is 0 Å². The summed E-state index contributed by atoms with van der Waals surface area (Å²) in [5, 5.41) is 6.16. The van der Waals surface area contributed by atoms with Crippen LogP contribution in [0.4, 0.5) is 0 Å². The molecular formula is C8H17Cl2N3O. The highest BCUT2D eigenvalue weighted by molar-refractivity contribution is 5.88. The van der Waals surface area contributed by atoms with Gasteiger partial charge in [0.05, 0.1) is 6.67 Å². The Labute approximate surface area is 96.6 Å². The van der Waals surface area contributed by atoms with E-state index in [0.29, 0.717) is 6.67 Å². The van der Waals surface area contributed by atoms with Crippen molar-refractivity contribution in [1.82, 2.24) is 15.5 Å². The molecule has 0 unspecified atom stereocenters. The summed E-state index contributed by atoms with van der Waals surface area (Å²) in [5.74, 6) is 0.214. The summed E-state index contributed by atoms with van der Waals surface area (Å²) in [6.07, 6.45) is 1.88. The lowest BCUT2D eigenvalue weighted by molar-refractivity contribution is -0.127. The van der Waals surface area contributed by atoms with Crippen LogP contribution in [0, 0.1) is 0 Å². The molecule has 0 saturated carbocycles. The van der Waals surface area contributed by atoms with Gasteiger partial charge in [-0.3, -0.25) is 9.69 Å². The predicted octanol–water partition coefficient (Wildman–Crippen LogP) is -0.0287. The third kappa shape index (κ3) is 1.98. The van der Waals surface area contributed by atoms with Crippen molar-refractivity contribution in [1.29, 1.82) is 0 Å². The van der Waals surface area contributed by atoms with Crippen molar-refractivity contribution in [2.45, 2.75) is 18.4 Å². The molecule has 0 aromatic carbocycles. The fourth-order valence-corrected chi connectivity index (χ4v) is 2.13. The van der Waals surface area contributed by atoms with Crippen LogP contribution in [0.15, 0.2) is 0 Å². The minimum Gasteiger partial charge on any atom is -0.342 e. The van der Waals surface area contributed by atoms with Crippen molar-refractivity contribution in [3.8, 4) is 0 Å². The third-order valence-electron chi connectivity index (χ3n) is 3.06. The van der Waals surface area contributed by atoms with Gasteiger partial charge in [-0.25, -0.2) is 0 Å². The van der Waals surface area contributed by atoms with Crippen molar-refractivity contribution in [3.63, 3.8) is 0 Å². The number of hydrogen-bond acceptors (Lipinski definition) is 3. The number of nitrogens with zero attached hydrogens (tertiary/aromatic N) is 1. The molecule has 0 aliphatic carbocycles. The fourth-order valence-electron chi connectivity index (χ4n) is 2.13. The molecule has 14 heavy (non-hydrogen) atoms. The van der Waals surface area contributed by atoms with Gasteiger partial charge in [-0.05, 0) is 33.0 Å². The molecule has 2 N–H and O–H groups in total. The number of carbonyl (C=O) groups is 1. The fraction of sp³-hybridized carbons (Fsp3) is 0.875. The van der Waals surface area contributed by atoms with Crippen LogP contribution < -0.4 is 10.6 Å². The molecule has 2 saturated heterocycles. The van der Waals surface area contributed by atoms with E-state index in [1.807, 2.05) is 7.05 Å². The van der Waals surface area contributed by atoms with E-state index in [1.165, 1.54) is 0 Å². The molecule has 2 heterocycles. The molecule has 2 fully saturated rings. The Morgan fingerprint density at radius 1 is 1.29 bits per heavy atom. The number of amides is 1. The van der Waals surface area contributed by atoms with Crippen LogP contribution in [0.1, 0.15) is 12.8 Å². The summed E-state index contributed by atoms with van der Waals surface area (Å²) in [7, 11) is 2.02. The molecule has 0 aromatic rings. The third-order valence-corrected chi connectivity index (χ3v) is 3.06. The maximum atomic E-state index is 11.6. The number of likely N-dealkylation sites (N-methyl/N-ethyl adjacent to an activating group) is 1. The van der Waals surface area contributed by atoms with Gasteiger partial charge in [-0.15, -0.1) is 24.8 Å². The molecule has 6 heteroatoms. The van der Waals surface area contributed by atoms with Gasteiger partial charge in [-0.1, -0.05) is 0 Å². The zero-order chi connectivity index (χ0) is 8.60. The van der Waals surface area contributed by atoms with Gasteiger partial charge in [0.1, 0.15) is 5.54 Å². The van der Waals surface area contributed by atoms with Crippen LogP contribution in [-0.2, 0) is 4.79 Å². The molecule has 0 aromatic heterocycles. The van der Waals surface area contributed by atoms with Crippen LogP contribution in [-0.4, -0.2) is 43.2 Å². The molecule has 4 nitrogen and oxygen atoms in total. The van der Waals surface area contributed by atoms with Crippen molar-refractivity contribution in [3.05, 3.63) is 0 Å². The van der Waals surface area contributed by atoms with Gasteiger partial charge in [0.2, 0.25) is 5.91 Å². The van der Waals surface area contributed by atoms with Crippen LogP contribution in [0.5, 0.6) is 0 Å². The van der Waals surface area contributed by atoms with Crippen molar-refractivity contribution < 1.29 is 4.79 Å². The minimum atomic E-state index is -0.189. The molecule has 2 aliphatic rings. The number of carbonyl (C=O) groups excluding carboxylic acids is 1. The average Bonchev–Trinajstić information content (AvgIpc) is 2.36. The first-order valence-electron chi connectivity index (χ1n) is 4.46. The maximum Gasteiger partial charge on any atom is 0.241 e. The zero-order valence-electron chi connectivity index (χ0n) is 8.21. The first-order valence-corrected chi connectivity index (χ1v) is 4.46. The number of piperidine rings is 1. The van der Waals surface area contributed by atoms with E-state index < -0.39 is 0 Å². The van der Waals surface area contributed by atoms with Crippen LogP contribution >= 0.6 is 24.8 Å². The number of nitrogens with one attached hydrogen (secondary N) is 2. The Morgan fingerprint density at radius 3 is 2.29 bits per heavy atom. The highest BCUT2D eigenvalue weighted by Crippen LogP contribution is 2.27. The summed E-state index contributed by atoms with van der Waals surface area (Å²) < 4.78 is 0. The molecule has 84 valence electrons. The Balaban J connectivity index is 0.000000845. The number of hydrogen-bond donors (Lipinski definition) is 2. The molecule has 0 radical (unpaired) electrons. The minimum absolute atomic E-state index is 0. The monoisotopic (exact) mass is 241 g/mol. The first-order chi connectivity index (χ1) is 5.76. The summed E-state index contributed by atoms with van der Waals surface area (Å²) >= 11 is 0. The molecule has 2 rings (SSSR count). The molecule has 0 bridgehead atoms. The number of rotatable bonds is 0. The van der Waals surface area contributed by atoms with Gasteiger partial charge in [0.15, 0.2) is 0 Å². The molecule has 1 spiro atoms. The summed E-state index contributed by atoms with van der Waals surface area (Å²) in [6, 6.07) is 0. The zero-order valence-corrected chi connectivity index (χ0v) is 9.84. The second kappa shape index (κ2) is 5.16. The summed E-state index contributed by atoms with van der Waals surface area (Å²) in [6.45, 7) is 2.62. The van der Waals surface area contributed by atoms with Crippen molar-refractivity contribution in [2.24, 2.45) is 0 Å². The van der Waals surface area contributed by atoms with Gasteiger partial charge in [0.25, 0.3) is 0 Å². The van der Waals surface area contributed by atoms with Gasteiger partial charge >= 0.3 is 0 Å². The molecule has 1 amide bonds. The SMILES string of the molecule is CN1CNC(=O)C12CCNCC2.Cl.Cl. The Morgan fingerprint density at radius 2 is 1.86 bits per heavy atom. The second-order valence-electron chi connectivity index (χ2n) is 3.64. The number of halogens is 2. The first kappa shape index (κ1) is 14.0. The van der Waals surface area contributed by atoms with Crippen LogP contribution in [0.25, 0.3) is 0 Å². The van der Waals surface area contributed by atoms with E-state index >= 15 is 0 Å². The van der Waals surface area contributed by atoms with E-state index in [4.69, 9.17) is 0 Å². The van der Waals surface area contributed by atoms with Gasteiger partial charge in [0, 0.05) is 0 Å². The van der Waals surface area contributed by atoms with E-state index in [9.17, 15) is 4.79 Å². The predicted molar refractivity (Wildman–Crippen MR) is 60.1 cm³/mol. The van der Waals surface area contributed by atoms with Crippen LogP contribution in [0.2, 0.25) is 0 Å². The Bertz CT molecular complexity index is 207. The van der Waals surface area contributed by atoms with Crippen molar-refractivity contribution >= 4 is 30.7 Å². The standard InChI is InChI=1S/C8H15N3O.2ClH/c1-11-6-10-7(12)8(11)2-4-9-5-3-8;;/h9H,2-6H2,1H3,(H,10,12);2*1H. The lowest BCUT2D eigenvalue weighted by Gasteiger charge is -2.36. The van der Waals surface area contributed by atoms with Crippen LogP contribution in [0.3, 0.4) is 0 Å². The average molecular weight is 242 g/mol. The molecule has 0 atom stereocenters. The van der Waals surface area contributed by atoms with E-state index in [0.717, 1.165) is 25.9 Å². The highest BCUT2D eigenvalue weighted by Gasteiger charge is 2.46. The largest absolute Gasteiger partial charge is 0.342 e. The lowest BCUT2D eigenvalue weighted by Crippen LogP contribution is -2.53. The smallest absolute Gasteiger partial charge is 0.241 e. The maximum absolute atomic E-state index is 11.6.